The molecule has 1 unspecified atom stereocenters. The van der Waals surface area contributed by atoms with Crippen LogP contribution in [0.15, 0.2) is 30.6 Å². The van der Waals surface area contributed by atoms with Gasteiger partial charge in [0.05, 0.1) is 23.7 Å². The lowest BCUT2D eigenvalue weighted by Crippen LogP contribution is -2.47. The van der Waals surface area contributed by atoms with E-state index in [2.05, 4.69) is 33.6 Å². The molecular weight excluding hydrogens is 388 g/mol. The second kappa shape index (κ2) is 10.6. The number of aromatic nitrogens is 2. The van der Waals surface area contributed by atoms with E-state index in [0.29, 0.717) is 22.8 Å². The van der Waals surface area contributed by atoms with E-state index in [1.54, 1.807) is 18.5 Å². The maximum absolute atomic E-state index is 8.73. The second-order valence-corrected chi connectivity index (χ2v) is 8.74. The number of nitrogens with two attached hydrogens (primary N) is 1. The highest BCUT2D eigenvalue weighted by molar-refractivity contribution is 6.14. The third kappa shape index (κ3) is 6.17. The fraction of sp³-hybridized carbons (Fsp3) is 0.542. The van der Waals surface area contributed by atoms with E-state index in [1.807, 2.05) is 26.0 Å². The minimum atomic E-state index is 0.00862. The maximum Gasteiger partial charge on any atom is 0.214 e. The monoisotopic (exact) mass is 424 g/mol. The summed E-state index contributed by atoms with van der Waals surface area (Å²) in [5, 5.41) is 8.73. The second-order valence-electron chi connectivity index (χ2n) is 8.74. The van der Waals surface area contributed by atoms with Gasteiger partial charge in [-0.2, -0.15) is 0 Å². The molecule has 1 aliphatic heterocycles. The Morgan fingerprint density at radius 1 is 1.16 bits per heavy atom. The van der Waals surface area contributed by atoms with Gasteiger partial charge < -0.3 is 15.4 Å². The first-order chi connectivity index (χ1) is 14.9. The van der Waals surface area contributed by atoms with Crippen LogP contribution in [0.5, 0.6) is 5.88 Å². The highest BCUT2D eigenvalue weighted by atomic mass is 16.5. The lowest BCUT2D eigenvalue weighted by atomic mass is 10.0. The van der Waals surface area contributed by atoms with Crippen LogP contribution in [0.3, 0.4) is 0 Å². The quantitative estimate of drug-likeness (QED) is 0.595. The van der Waals surface area contributed by atoms with Gasteiger partial charge in [0.25, 0.3) is 0 Å². The molecule has 2 aromatic rings. The molecule has 7 nitrogen and oxygen atoms in total. The number of nitrogens with zero attached hydrogens (tertiary/aromatic N) is 4. The number of anilines is 2. The topological polar surface area (TPSA) is 91.4 Å². The average Bonchev–Trinajstić information content (AvgIpc) is 2.75. The van der Waals surface area contributed by atoms with E-state index in [9.17, 15) is 0 Å². The number of hydrogen-bond donors (Lipinski definition) is 2. The van der Waals surface area contributed by atoms with Crippen LogP contribution in [0.4, 0.5) is 11.5 Å². The summed E-state index contributed by atoms with van der Waals surface area (Å²) in [6.45, 7) is 13.7. The molecular formula is C24H36N6O. The highest BCUT2D eigenvalue weighted by Gasteiger charge is 2.20. The Balaban J connectivity index is 1.69. The van der Waals surface area contributed by atoms with Gasteiger partial charge in [-0.15, -0.1) is 0 Å². The number of hydrogen-bond acceptors (Lipinski definition) is 7. The van der Waals surface area contributed by atoms with Gasteiger partial charge in [-0.1, -0.05) is 20.3 Å². The largest absolute Gasteiger partial charge is 0.475 e. The molecule has 0 radical (unpaired) electrons. The van der Waals surface area contributed by atoms with Gasteiger partial charge in [-0.3, -0.25) is 10.3 Å². The van der Waals surface area contributed by atoms with Crippen LogP contribution in [0.25, 0.3) is 0 Å². The summed E-state index contributed by atoms with van der Waals surface area (Å²) in [6.07, 6.45) is 5.87. The molecule has 7 heteroatoms. The van der Waals surface area contributed by atoms with Crippen molar-refractivity contribution in [2.75, 3.05) is 43.4 Å². The molecule has 31 heavy (non-hydrogen) atoms. The van der Waals surface area contributed by atoms with Gasteiger partial charge in [0.15, 0.2) is 0 Å². The molecule has 0 amide bonds. The number of pyridine rings is 2. The van der Waals surface area contributed by atoms with Crippen molar-refractivity contribution in [2.24, 2.45) is 5.92 Å². The third-order valence-electron chi connectivity index (χ3n) is 5.62. The third-order valence-corrected chi connectivity index (χ3v) is 5.62. The van der Waals surface area contributed by atoms with Crippen LogP contribution in [0, 0.1) is 11.3 Å². The van der Waals surface area contributed by atoms with Gasteiger partial charge >= 0.3 is 0 Å². The first kappa shape index (κ1) is 23.0. The molecule has 1 saturated heterocycles. The Kier molecular flexibility index (Phi) is 7.85. The van der Waals surface area contributed by atoms with Crippen molar-refractivity contribution >= 4 is 17.2 Å². The number of ether oxygens (including phenoxy) is 1. The smallest absolute Gasteiger partial charge is 0.214 e. The molecule has 3 heterocycles. The molecule has 0 spiro atoms. The van der Waals surface area contributed by atoms with Gasteiger partial charge in [0.2, 0.25) is 5.88 Å². The molecule has 0 aliphatic carbocycles. The lowest BCUT2D eigenvalue weighted by Gasteiger charge is -2.36. The van der Waals surface area contributed by atoms with E-state index in [1.165, 1.54) is 19.4 Å². The molecule has 1 atom stereocenters. The van der Waals surface area contributed by atoms with Crippen molar-refractivity contribution in [1.29, 1.82) is 5.41 Å². The maximum atomic E-state index is 8.73. The van der Waals surface area contributed by atoms with Gasteiger partial charge in [0, 0.05) is 56.1 Å². The van der Waals surface area contributed by atoms with Crippen LogP contribution >= 0.6 is 0 Å². The van der Waals surface area contributed by atoms with E-state index < -0.39 is 0 Å². The van der Waals surface area contributed by atoms with E-state index >= 15 is 0 Å². The number of nitrogen functional groups attached to an aromatic ring is 1. The van der Waals surface area contributed by atoms with Gasteiger partial charge in [-0.05, 0) is 38.3 Å². The Bertz CT molecular complexity index is 876. The zero-order valence-electron chi connectivity index (χ0n) is 19.3. The highest BCUT2D eigenvalue weighted by Crippen LogP contribution is 2.23. The predicted molar refractivity (Wildman–Crippen MR) is 127 cm³/mol. The molecule has 0 bridgehead atoms. The van der Waals surface area contributed by atoms with Crippen molar-refractivity contribution in [1.82, 2.24) is 14.9 Å². The summed E-state index contributed by atoms with van der Waals surface area (Å²) >= 11 is 0. The minimum Gasteiger partial charge on any atom is -0.475 e. The van der Waals surface area contributed by atoms with Crippen molar-refractivity contribution < 1.29 is 4.74 Å². The van der Waals surface area contributed by atoms with Crippen LogP contribution in [-0.2, 0) is 0 Å². The summed E-state index contributed by atoms with van der Waals surface area (Å²) in [5.74, 6) is 2.13. The minimum absolute atomic E-state index is 0.00862. The van der Waals surface area contributed by atoms with E-state index in [0.717, 1.165) is 43.5 Å². The SMILES string of the molecule is CCCC(C)CN1CCN(c2cc(C(=N)c3cc(OC(C)C)ncc3N)ccn2)CC1. The van der Waals surface area contributed by atoms with E-state index in [4.69, 9.17) is 15.9 Å². The van der Waals surface area contributed by atoms with Gasteiger partial charge in [0.1, 0.15) is 5.82 Å². The Morgan fingerprint density at radius 3 is 2.58 bits per heavy atom. The van der Waals surface area contributed by atoms with Crippen LogP contribution in [0.1, 0.15) is 51.7 Å². The summed E-state index contributed by atoms with van der Waals surface area (Å²) in [6, 6.07) is 5.59. The number of piperazine rings is 1. The standard InChI is InChI=1S/C24H36N6O/c1-5-6-18(4)16-29-9-11-30(12-10-29)22-13-19(7-8-27-22)24(26)20-14-23(31-17(2)3)28-15-21(20)25/h7-8,13-15,17-18,26H,5-6,9-12,16,25H2,1-4H3. The fourth-order valence-electron chi connectivity index (χ4n) is 4.06. The van der Waals surface area contributed by atoms with E-state index in [-0.39, 0.29) is 6.10 Å². The zero-order valence-corrected chi connectivity index (χ0v) is 19.3. The predicted octanol–water partition coefficient (Wildman–Crippen LogP) is 3.82. The average molecular weight is 425 g/mol. The van der Waals surface area contributed by atoms with Crippen molar-refractivity contribution in [3.63, 3.8) is 0 Å². The molecule has 3 rings (SSSR count). The molecule has 3 N–H and O–H groups in total. The van der Waals surface area contributed by atoms with Crippen molar-refractivity contribution in [2.45, 2.75) is 46.6 Å². The molecule has 2 aromatic heterocycles. The molecule has 1 aliphatic rings. The number of rotatable bonds is 9. The molecule has 0 aromatic carbocycles. The van der Waals surface area contributed by atoms with Crippen LogP contribution < -0.4 is 15.4 Å². The Morgan fingerprint density at radius 2 is 1.90 bits per heavy atom. The summed E-state index contributed by atoms with van der Waals surface area (Å²) in [4.78, 5) is 13.7. The summed E-state index contributed by atoms with van der Waals surface area (Å²) < 4.78 is 5.68. The molecule has 1 fully saturated rings. The normalized spacial score (nSPS) is 15.8. The Labute approximate surface area is 186 Å². The van der Waals surface area contributed by atoms with Gasteiger partial charge in [-0.25, -0.2) is 9.97 Å². The summed E-state index contributed by atoms with van der Waals surface area (Å²) in [7, 11) is 0. The zero-order chi connectivity index (χ0) is 22.4. The first-order valence-corrected chi connectivity index (χ1v) is 11.3. The van der Waals surface area contributed by atoms with Crippen LogP contribution in [-0.4, -0.2) is 59.4 Å². The molecule has 0 saturated carbocycles. The van der Waals surface area contributed by atoms with Crippen LogP contribution in [0.2, 0.25) is 0 Å². The van der Waals surface area contributed by atoms with Crippen molar-refractivity contribution in [3.05, 3.63) is 41.7 Å². The lowest BCUT2D eigenvalue weighted by molar-refractivity contribution is 0.219. The van der Waals surface area contributed by atoms with Crippen molar-refractivity contribution in [3.8, 4) is 5.88 Å². The first-order valence-electron chi connectivity index (χ1n) is 11.3. The Hall–Kier alpha value is -2.67. The fourth-order valence-corrected chi connectivity index (χ4v) is 4.06. The number of nitrogens with one attached hydrogen (secondary N) is 1. The summed E-state index contributed by atoms with van der Waals surface area (Å²) in [5.41, 5.74) is 8.36. The molecule has 168 valence electrons.